The van der Waals surface area contributed by atoms with Gasteiger partial charge in [0.05, 0.1) is 13.2 Å². The van der Waals surface area contributed by atoms with Gasteiger partial charge in [-0.15, -0.1) is 21.8 Å². The van der Waals surface area contributed by atoms with Crippen molar-refractivity contribution < 1.29 is 19.1 Å². The standard InChI is InChI=1S/C24H31ClN8O4/c25-9-1-4-19(34)27-18-3-2-10-33(15-18)24-29-22(20(21(26)35)30-31-24)28-17-7-5-16(6-8-17)23(36)32-11-13-37-14-12-32/h5-8,18H,1-4,9-15H2,(H2,26,35)(H,27,34)(H,28,29,31)/t18-/m1/s1. The first kappa shape index (κ1) is 26.6. The first-order valence-corrected chi connectivity index (χ1v) is 12.9. The number of benzene rings is 1. The van der Waals surface area contributed by atoms with E-state index >= 15 is 0 Å². The van der Waals surface area contributed by atoms with Gasteiger partial charge in [0.25, 0.3) is 11.8 Å². The highest BCUT2D eigenvalue weighted by Crippen LogP contribution is 2.22. The second-order valence-corrected chi connectivity index (χ2v) is 9.30. The molecule has 1 aromatic heterocycles. The molecule has 1 atom stereocenters. The quantitative estimate of drug-likeness (QED) is 0.406. The van der Waals surface area contributed by atoms with Crippen molar-refractivity contribution in [3.8, 4) is 0 Å². The van der Waals surface area contributed by atoms with Crippen LogP contribution in [0.15, 0.2) is 24.3 Å². The summed E-state index contributed by atoms with van der Waals surface area (Å²) >= 11 is 5.68. The van der Waals surface area contributed by atoms with Crippen molar-refractivity contribution in [1.29, 1.82) is 0 Å². The van der Waals surface area contributed by atoms with Gasteiger partial charge in [-0.25, -0.2) is 0 Å². The number of hydrogen-bond donors (Lipinski definition) is 3. The molecule has 4 N–H and O–H groups in total. The van der Waals surface area contributed by atoms with E-state index in [-0.39, 0.29) is 29.4 Å². The molecule has 2 aliphatic heterocycles. The Kier molecular flexibility index (Phi) is 9.07. The summed E-state index contributed by atoms with van der Waals surface area (Å²) in [6.07, 6.45) is 2.69. The minimum Gasteiger partial charge on any atom is -0.378 e. The molecule has 2 aliphatic rings. The average Bonchev–Trinajstić information content (AvgIpc) is 2.92. The van der Waals surface area contributed by atoms with Gasteiger partial charge in [-0.1, -0.05) is 0 Å². The summed E-state index contributed by atoms with van der Waals surface area (Å²) in [6.45, 7) is 3.38. The molecule has 2 fully saturated rings. The number of primary amides is 1. The third-order valence-corrected chi connectivity index (χ3v) is 6.48. The van der Waals surface area contributed by atoms with Crippen LogP contribution in [0.4, 0.5) is 17.5 Å². The first-order valence-electron chi connectivity index (χ1n) is 12.3. The second kappa shape index (κ2) is 12.6. The number of alkyl halides is 1. The van der Waals surface area contributed by atoms with E-state index in [0.717, 1.165) is 12.8 Å². The summed E-state index contributed by atoms with van der Waals surface area (Å²) < 4.78 is 5.31. The molecule has 0 saturated carbocycles. The number of aromatic nitrogens is 3. The third-order valence-electron chi connectivity index (χ3n) is 6.21. The zero-order valence-corrected chi connectivity index (χ0v) is 21.2. The molecule has 0 aliphatic carbocycles. The number of carbonyl (C=O) groups excluding carboxylic acids is 3. The zero-order valence-electron chi connectivity index (χ0n) is 20.5. The number of carbonyl (C=O) groups is 3. The Morgan fingerprint density at radius 2 is 1.86 bits per heavy atom. The number of amides is 3. The molecule has 2 aromatic rings. The van der Waals surface area contributed by atoms with Crippen molar-refractivity contribution in [2.75, 3.05) is 55.5 Å². The largest absolute Gasteiger partial charge is 0.378 e. The highest BCUT2D eigenvalue weighted by Gasteiger charge is 2.25. The lowest BCUT2D eigenvalue weighted by molar-refractivity contribution is -0.121. The maximum absolute atomic E-state index is 12.7. The number of rotatable bonds is 9. The van der Waals surface area contributed by atoms with Gasteiger partial charge in [0.15, 0.2) is 11.5 Å². The second-order valence-electron chi connectivity index (χ2n) is 8.93. The monoisotopic (exact) mass is 530 g/mol. The smallest absolute Gasteiger partial charge is 0.273 e. The maximum atomic E-state index is 12.7. The van der Waals surface area contributed by atoms with Gasteiger partial charge in [0, 0.05) is 55.8 Å². The first-order chi connectivity index (χ1) is 17.9. The van der Waals surface area contributed by atoms with Gasteiger partial charge in [-0.2, -0.15) is 4.98 Å². The van der Waals surface area contributed by atoms with Gasteiger partial charge in [-0.3, -0.25) is 14.4 Å². The zero-order chi connectivity index (χ0) is 26.2. The molecule has 2 saturated heterocycles. The van der Waals surface area contributed by atoms with Crippen LogP contribution in [0.25, 0.3) is 0 Å². The summed E-state index contributed by atoms with van der Waals surface area (Å²) in [5, 5.41) is 14.2. The molecule has 0 bridgehead atoms. The number of anilines is 3. The van der Waals surface area contributed by atoms with Crippen molar-refractivity contribution in [2.45, 2.75) is 31.7 Å². The molecule has 3 heterocycles. The van der Waals surface area contributed by atoms with Gasteiger partial charge >= 0.3 is 0 Å². The fourth-order valence-corrected chi connectivity index (χ4v) is 4.42. The van der Waals surface area contributed by atoms with Crippen molar-refractivity contribution in [3.63, 3.8) is 0 Å². The molecule has 0 radical (unpaired) electrons. The minimum atomic E-state index is -0.767. The van der Waals surface area contributed by atoms with Crippen LogP contribution in [0.3, 0.4) is 0 Å². The highest BCUT2D eigenvalue weighted by molar-refractivity contribution is 6.17. The summed E-state index contributed by atoms with van der Waals surface area (Å²) in [4.78, 5) is 45.0. The van der Waals surface area contributed by atoms with Crippen molar-refractivity contribution in [2.24, 2.45) is 5.73 Å². The molecule has 13 heteroatoms. The number of nitrogens with two attached hydrogens (primary N) is 1. The number of ether oxygens (including phenoxy) is 1. The molecule has 198 valence electrons. The lowest BCUT2D eigenvalue weighted by atomic mass is 10.1. The summed E-state index contributed by atoms with van der Waals surface area (Å²) in [6, 6.07) is 6.83. The van der Waals surface area contributed by atoms with E-state index in [1.165, 1.54) is 0 Å². The van der Waals surface area contributed by atoms with E-state index in [1.807, 2.05) is 4.90 Å². The van der Waals surface area contributed by atoms with Crippen LogP contribution in [0.2, 0.25) is 0 Å². The Morgan fingerprint density at radius 3 is 2.57 bits per heavy atom. The number of hydrogen-bond acceptors (Lipinski definition) is 9. The molecule has 3 amide bonds. The lowest BCUT2D eigenvalue weighted by Gasteiger charge is -2.33. The summed E-state index contributed by atoms with van der Waals surface area (Å²) in [5.41, 5.74) is 6.57. The van der Waals surface area contributed by atoms with E-state index in [0.29, 0.717) is 75.3 Å². The molecular weight excluding hydrogens is 500 g/mol. The van der Waals surface area contributed by atoms with Crippen molar-refractivity contribution in [1.82, 2.24) is 25.4 Å². The third kappa shape index (κ3) is 7.04. The van der Waals surface area contributed by atoms with Crippen LogP contribution in [0.5, 0.6) is 0 Å². The van der Waals surface area contributed by atoms with E-state index in [1.54, 1.807) is 29.2 Å². The molecule has 12 nitrogen and oxygen atoms in total. The normalized spacial score (nSPS) is 17.8. The number of piperidine rings is 1. The lowest BCUT2D eigenvalue weighted by Crippen LogP contribution is -2.48. The fourth-order valence-electron chi connectivity index (χ4n) is 4.29. The summed E-state index contributed by atoms with van der Waals surface area (Å²) in [5.74, 6) is 0.0701. The van der Waals surface area contributed by atoms with Gasteiger partial charge in [-0.05, 0) is 43.5 Å². The van der Waals surface area contributed by atoms with Crippen LogP contribution in [-0.4, -0.2) is 89.1 Å². The van der Waals surface area contributed by atoms with Gasteiger partial charge < -0.3 is 30.9 Å². The topological polar surface area (TPSA) is 156 Å². The maximum Gasteiger partial charge on any atom is 0.273 e. The molecular formula is C24H31ClN8O4. The van der Waals surface area contributed by atoms with Crippen LogP contribution in [-0.2, 0) is 9.53 Å². The molecule has 37 heavy (non-hydrogen) atoms. The molecule has 0 unspecified atom stereocenters. The number of morpholine rings is 1. The van der Waals surface area contributed by atoms with Crippen molar-refractivity contribution in [3.05, 3.63) is 35.5 Å². The van der Waals surface area contributed by atoms with E-state index in [2.05, 4.69) is 25.8 Å². The Bertz CT molecular complexity index is 1110. The number of nitrogens with zero attached hydrogens (tertiary/aromatic N) is 5. The van der Waals surface area contributed by atoms with E-state index in [4.69, 9.17) is 22.1 Å². The Hall–Kier alpha value is -3.51. The number of nitrogens with one attached hydrogen (secondary N) is 2. The number of halogens is 1. The van der Waals surface area contributed by atoms with Crippen LogP contribution in [0, 0.1) is 0 Å². The van der Waals surface area contributed by atoms with Crippen LogP contribution in [0.1, 0.15) is 46.5 Å². The summed E-state index contributed by atoms with van der Waals surface area (Å²) in [7, 11) is 0. The SMILES string of the molecule is NC(=O)c1nnc(N2CCC[C@@H](NC(=O)CCCCl)C2)nc1Nc1ccc(C(=O)N2CCOCC2)cc1. The Labute approximate surface area is 219 Å². The Morgan fingerprint density at radius 1 is 1.11 bits per heavy atom. The van der Waals surface area contributed by atoms with Crippen LogP contribution < -0.4 is 21.3 Å². The molecule has 4 rings (SSSR count). The highest BCUT2D eigenvalue weighted by atomic mass is 35.5. The molecule has 0 spiro atoms. The average molecular weight is 531 g/mol. The predicted molar refractivity (Wildman–Crippen MR) is 138 cm³/mol. The molecule has 1 aromatic carbocycles. The fraction of sp³-hybridized carbons (Fsp3) is 0.500. The van der Waals surface area contributed by atoms with Gasteiger partial charge in [0.2, 0.25) is 11.9 Å². The van der Waals surface area contributed by atoms with E-state index in [9.17, 15) is 14.4 Å². The van der Waals surface area contributed by atoms with Gasteiger partial charge in [0.1, 0.15) is 0 Å². The minimum absolute atomic E-state index is 0.0338. The predicted octanol–water partition coefficient (Wildman–Crippen LogP) is 1.29. The van der Waals surface area contributed by atoms with Crippen LogP contribution >= 0.6 is 11.6 Å². The van der Waals surface area contributed by atoms with E-state index < -0.39 is 5.91 Å². The Balaban J connectivity index is 1.46. The van der Waals surface area contributed by atoms with Crippen molar-refractivity contribution >= 4 is 46.8 Å².